The van der Waals surface area contributed by atoms with Crippen molar-refractivity contribution in [3.63, 3.8) is 0 Å². The molecule has 1 N–H and O–H groups in total. The van der Waals surface area contributed by atoms with Crippen LogP contribution in [-0.2, 0) is 38.8 Å². The zero-order valence-corrected chi connectivity index (χ0v) is 25.3. The van der Waals surface area contributed by atoms with Crippen molar-refractivity contribution < 1.29 is 35.6 Å². The van der Waals surface area contributed by atoms with Crippen molar-refractivity contribution >= 4 is 39.1 Å². The van der Waals surface area contributed by atoms with Gasteiger partial charge in [0, 0.05) is 19.0 Å². The molecule has 232 valence electrons. The van der Waals surface area contributed by atoms with Crippen molar-refractivity contribution in [1.82, 2.24) is 10.2 Å². The zero-order valence-electron chi connectivity index (χ0n) is 23.7. The van der Waals surface area contributed by atoms with Crippen molar-refractivity contribution in [3.05, 3.63) is 100 Å². The molecular weight excluding hydrogens is 610 g/mol. The maximum atomic E-state index is 14.0. The maximum absolute atomic E-state index is 14.0. The van der Waals surface area contributed by atoms with Crippen LogP contribution in [0.1, 0.15) is 37.0 Å². The van der Waals surface area contributed by atoms with E-state index in [4.69, 9.17) is 11.6 Å². The lowest BCUT2D eigenvalue weighted by molar-refractivity contribution is -0.140. The molecule has 2 atom stereocenters. The van der Waals surface area contributed by atoms with E-state index in [0.717, 1.165) is 17.2 Å². The lowest BCUT2D eigenvalue weighted by atomic mass is 10.0. The van der Waals surface area contributed by atoms with Crippen LogP contribution in [0.25, 0.3) is 0 Å². The van der Waals surface area contributed by atoms with Gasteiger partial charge in [-0.1, -0.05) is 61.0 Å². The number of amides is 2. The van der Waals surface area contributed by atoms with Crippen LogP contribution in [0.3, 0.4) is 0 Å². The third-order valence-corrected chi connectivity index (χ3v) is 8.21. The van der Waals surface area contributed by atoms with Crippen LogP contribution in [0.2, 0.25) is 5.02 Å². The predicted molar refractivity (Wildman–Crippen MR) is 157 cm³/mol. The highest BCUT2D eigenvalue weighted by atomic mass is 35.5. The van der Waals surface area contributed by atoms with E-state index >= 15 is 0 Å². The Labute approximate surface area is 253 Å². The van der Waals surface area contributed by atoms with Gasteiger partial charge >= 0.3 is 6.18 Å². The molecular formula is C30H32ClF4N3O4S. The van der Waals surface area contributed by atoms with Gasteiger partial charge in [-0.15, -0.1) is 0 Å². The Morgan fingerprint density at radius 1 is 0.977 bits per heavy atom. The average molecular weight is 642 g/mol. The number of carbonyl (C=O) groups excluding carboxylic acids is 2. The lowest BCUT2D eigenvalue weighted by Gasteiger charge is -2.34. The smallest absolute Gasteiger partial charge is 0.352 e. The summed E-state index contributed by atoms with van der Waals surface area (Å²) in [5.74, 6) is -1.93. The summed E-state index contributed by atoms with van der Waals surface area (Å²) in [5.41, 5.74) is -0.569. The van der Waals surface area contributed by atoms with Gasteiger partial charge in [0.25, 0.3) is 0 Å². The number of rotatable bonds is 12. The van der Waals surface area contributed by atoms with Crippen molar-refractivity contribution in [3.8, 4) is 0 Å². The van der Waals surface area contributed by atoms with Gasteiger partial charge in [0.1, 0.15) is 18.4 Å². The Balaban J connectivity index is 2.11. The molecule has 0 aliphatic heterocycles. The van der Waals surface area contributed by atoms with E-state index in [1.165, 1.54) is 24.3 Å². The second-order valence-electron chi connectivity index (χ2n) is 10.1. The highest BCUT2D eigenvalue weighted by Gasteiger charge is 2.36. The summed E-state index contributed by atoms with van der Waals surface area (Å²) in [4.78, 5) is 28.8. The number of hydrogen-bond acceptors (Lipinski definition) is 4. The number of alkyl halides is 3. The van der Waals surface area contributed by atoms with E-state index in [-0.39, 0.29) is 24.0 Å². The molecule has 0 aromatic heterocycles. The number of benzene rings is 3. The molecule has 7 nitrogen and oxygen atoms in total. The van der Waals surface area contributed by atoms with Gasteiger partial charge in [0.2, 0.25) is 21.8 Å². The van der Waals surface area contributed by atoms with Crippen molar-refractivity contribution in [2.45, 2.75) is 51.5 Å². The first kappa shape index (κ1) is 33.9. The number of hydrogen-bond donors (Lipinski definition) is 1. The van der Waals surface area contributed by atoms with Gasteiger partial charge in [-0.05, 0) is 54.8 Å². The Bertz CT molecular complexity index is 1520. The minimum atomic E-state index is -4.81. The summed E-state index contributed by atoms with van der Waals surface area (Å²) in [6, 6.07) is 14.7. The molecule has 0 fully saturated rings. The zero-order chi connectivity index (χ0) is 31.9. The predicted octanol–water partition coefficient (Wildman–Crippen LogP) is 5.82. The first-order valence-electron chi connectivity index (χ1n) is 13.3. The van der Waals surface area contributed by atoms with E-state index in [0.29, 0.717) is 34.0 Å². The van der Waals surface area contributed by atoms with E-state index in [1.54, 1.807) is 37.3 Å². The highest BCUT2D eigenvalue weighted by molar-refractivity contribution is 7.92. The quantitative estimate of drug-likeness (QED) is 0.253. The number of anilines is 1. The molecule has 0 heterocycles. The molecule has 13 heteroatoms. The van der Waals surface area contributed by atoms with Gasteiger partial charge in [0.05, 0.1) is 22.5 Å². The topological polar surface area (TPSA) is 86.8 Å². The maximum Gasteiger partial charge on any atom is 0.416 e. The minimum Gasteiger partial charge on any atom is -0.352 e. The summed E-state index contributed by atoms with van der Waals surface area (Å²) in [6.07, 6.45) is -3.45. The summed E-state index contributed by atoms with van der Waals surface area (Å²) in [5, 5.41) is 2.53. The third-order valence-electron chi connectivity index (χ3n) is 6.76. The van der Waals surface area contributed by atoms with Gasteiger partial charge in [-0.2, -0.15) is 13.2 Å². The monoisotopic (exact) mass is 641 g/mol. The van der Waals surface area contributed by atoms with Crippen molar-refractivity contribution in [1.29, 1.82) is 0 Å². The highest BCUT2D eigenvalue weighted by Crippen LogP contribution is 2.36. The minimum absolute atomic E-state index is 0.0409. The van der Waals surface area contributed by atoms with Gasteiger partial charge in [-0.25, -0.2) is 12.8 Å². The van der Waals surface area contributed by atoms with Crippen molar-refractivity contribution in [2.75, 3.05) is 17.1 Å². The second kappa shape index (κ2) is 14.2. The van der Waals surface area contributed by atoms with Gasteiger partial charge in [0.15, 0.2) is 0 Å². The molecule has 0 radical (unpaired) electrons. The van der Waals surface area contributed by atoms with Gasteiger partial charge in [-0.3, -0.25) is 13.9 Å². The van der Waals surface area contributed by atoms with Crippen LogP contribution in [0.5, 0.6) is 0 Å². The van der Waals surface area contributed by atoms with Crippen LogP contribution in [0.15, 0.2) is 72.8 Å². The molecule has 0 aliphatic carbocycles. The Morgan fingerprint density at radius 2 is 1.60 bits per heavy atom. The van der Waals surface area contributed by atoms with Crippen LogP contribution >= 0.6 is 11.6 Å². The molecule has 2 unspecified atom stereocenters. The summed E-state index contributed by atoms with van der Waals surface area (Å²) in [7, 11) is -4.35. The molecule has 3 aromatic carbocycles. The van der Waals surface area contributed by atoms with E-state index in [9.17, 15) is 35.6 Å². The number of sulfonamides is 1. The van der Waals surface area contributed by atoms with Crippen LogP contribution < -0.4 is 9.62 Å². The largest absolute Gasteiger partial charge is 0.416 e. The number of halogens is 5. The Kier molecular flexibility index (Phi) is 11.2. The van der Waals surface area contributed by atoms with E-state index in [1.807, 2.05) is 6.92 Å². The molecule has 0 bridgehead atoms. The summed E-state index contributed by atoms with van der Waals surface area (Å²) >= 11 is 6.15. The normalized spacial score (nSPS) is 13.2. The number of nitrogens with one attached hydrogen (secondary N) is 1. The van der Waals surface area contributed by atoms with E-state index < -0.39 is 57.7 Å². The fourth-order valence-electron chi connectivity index (χ4n) is 4.26. The first-order valence-corrected chi connectivity index (χ1v) is 15.6. The lowest BCUT2D eigenvalue weighted by Crippen LogP contribution is -2.54. The standard InChI is InChI=1S/C30H32ClF4N3O4S/c1-4-20(2)36-29(40)27(16-21-8-6-5-7-9-21)37(18-22-10-13-24(32)14-11-22)28(39)19-38(43(3,41)42)26-17-23(30(33,34)35)12-15-25(26)31/h5-15,17,20,27H,4,16,18-19H2,1-3H3,(H,36,40). The van der Waals surface area contributed by atoms with Crippen LogP contribution in [-0.4, -0.2) is 50.0 Å². The number of carbonyl (C=O) groups is 2. The van der Waals surface area contributed by atoms with Crippen molar-refractivity contribution in [2.24, 2.45) is 0 Å². The summed E-state index contributed by atoms with van der Waals surface area (Å²) in [6.45, 7) is 2.47. The fraction of sp³-hybridized carbons (Fsp3) is 0.333. The molecule has 0 spiro atoms. The Hall–Kier alpha value is -3.64. The molecule has 0 aliphatic rings. The molecule has 3 rings (SSSR count). The average Bonchev–Trinajstić information content (AvgIpc) is 2.94. The van der Waals surface area contributed by atoms with Gasteiger partial charge < -0.3 is 10.2 Å². The Morgan fingerprint density at radius 3 is 2.16 bits per heavy atom. The first-order chi connectivity index (χ1) is 20.1. The fourth-order valence-corrected chi connectivity index (χ4v) is 5.38. The third kappa shape index (κ3) is 9.42. The molecule has 0 saturated carbocycles. The number of nitrogens with zero attached hydrogens (tertiary/aromatic N) is 2. The molecule has 2 amide bonds. The van der Waals surface area contributed by atoms with E-state index in [2.05, 4.69) is 5.32 Å². The SMILES string of the molecule is CCC(C)NC(=O)C(Cc1ccccc1)N(Cc1ccc(F)cc1)C(=O)CN(c1cc(C(F)(F)F)ccc1Cl)S(C)(=O)=O. The second-order valence-corrected chi connectivity index (χ2v) is 12.4. The molecule has 0 saturated heterocycles. The molecule has 43 heavy (non-hydrogen) atoms. The molecule has 3 aromatic rings. The van der Waals surface area contributed by atoms with Crippen LogP contribution in [0, 0.1) is 5.82 Å². The summed E-state index contributed by atoms with van der Waals surface area (Å²) < 4.78 is 80.4. The van der Waals surface area contributed by atoms with Crippen LogP contribution in [0.4, 0.5) is 23.2 Å².